The highest BCUT2D eigenvalue weighted by atomic mass is 32.2. The summed E-state index contributed by atoms with van der Waals surface area (Å²) in [5, 5.41) is 7.32. The Morgan fingerprint density at radius 3 is 3.05 bits per heavy atom. The number of anilines is 1. The van der Waals surface area contributed by atoms with Crippen molar-refractivity contribution in [1.29, 1.82) is 0 Å². The maximum atomic E-state index is 11.7. The average molecular weight is 293 g/mol. The van der Waals surface area contributed by atoms with Gasteiger partial charge < -0.3 is 5.32 Å². The van der Waals surface area contributed by atoms with Gasteiger partial charge >= 0.3 is 0 Å². The van der Waals surface area contributed by atoms with Gasteiger partial charge in [0.25, 0.3) is 0 Å². The summed E-state index contributed by atoms with van der Waals surface area (Å²) in [5.41, 5.74) is 0.764. The first-order valence-corrected chi connectivity index (χ1v) is 8.23. The predicted molar refractivity (Wildman–Crippen MR) is 74.5 cm³/mol. The van der Waals surface area contributed by atoms with Crippen LogP contribution < -0.4 is 5.32 Å². The van der Waals surface area contributed by atoms with Crippen molar-refractivity contribution >= 4 is 15.5 Å². The van der Waals surface area contributed by atoms with Crippen LogP contribution in [-0.2, 0) is 9.84 Å². The number of pyridine rings is 1. The molecule has 106 valence electrons. The second-order valence-corrected chi connectivity index (χ2v) is 7.04. The fourth-order valence-electron chi connectivity index (χ4n) is 2.37. The molecule has 0 aromatic carbocycles. The van der Waals surface area contributed by atoms with Crippen LogP contribution in [0, 0.1) is 0 Å². The maximum Gasteiger partial charge on any atom is 0.178 e. The first kappa shape index (κ1) is 13.0. The minimum Gasteiger partial charge on any atom is -0.378 e. The summed E-state index contributed by atoms with van der Waals surface area (Å²) in [6.45, 7) is 0. The zero-order chi connectivity index (χ0) is 14.0. The van der Waals surface area contributed by atoms with Crippen LogP contribution in [0.5, 0.6) is 0 Å². The average Bonchev–Trinajstić information content (AvgIpc) is 2.92. The van der Waals surface area contributed by atoms with Crippen LogP contribution in [0.2, 0.25) is 0 Å². The minimum atomic E-state index is -2.94. The van der Waals surface area contributed by atoms with E-state index >= 15 is 0 Å². The Kier molecular flexibility index (Phi) is 3.39. The molecule has 0 spiro atoms. The lowest BCUT2D eigenvalue weighted by atomic mass is 10.2. The molecule has 3 rings (SSSR count). The molecule has 3 heterocycles. The molecule has 0 amide bonds. The quantitative estimate of drug-likeness (QED) is 0.893. The molecule has 2 aromatic heterocycles. The second kappa shape index (κ2) is 5.20. The SMILES string of the molecule is O=S1(=O)CCCC(Nc2cccnc2-n2cncn2)C1. The van der Waals surface area contributed by atoms with E-state index in [1.54, 1.807) is 23.3 Å². The van der Waals surface area contributed by atoms with E-state index in [0.717, 1.165) is 12.1 Å². The lowest BCUT2D eigenvalue weighted by molar-refractivity contribution is 0.562. The number of nitrogens with one attached hydrogen (secondary N) is 1. The van der Waals surface area contributed by atoms with Gasteiger partial charge in [-0.3, -0.25) is 0 Å². The lowest BCUT2D eigenvalue weighted by Gasteiger charge is -2.24. The van der Waals surface area contributed by atoms with E-state index in [0.29, 0.717) is 12.2 Å². The molecule has 2 aromatic rings. The highest BCUT2D eigenvalue weighted by Crippen LogP contribution is 2.21. The molecule has 0 aliphatic carbocycles. The lowest BCUT2D eigenvalue weighted by Crippen LogP contribution is -2.35. The molecule has 0 saturated carbocycles. The minimum absolute atomic E-state index is 0.0831. The van der Waals surface area contributed by atoms with Crippen molar-refractivity contribution in [2.45, 2.75) is 18.9 Å². The molecule has 20 heavy (non-hydrogen) atoms. The molecule has 8 heteroatoms. The van der Waals surface area contributed by atoms with Crippen molar-refractivity contribution < 1.29 is 8.42 Å². The van der Waals surface area contributed by atoms with Gasteiger partial charge in [0.05, 0.1) is 17.2 Å². The first-order valence-electron chi connectivity index (χ1n) is 6.41. The van der Waals surface area contributed by atoms with Crippen LogP contribution >= 0.6 is 0 Å². The van der Waals surface area contributed by atoms with Crippen molar-refractivity contribution in [1.82, 2.24) is 19.7 Å². The number of rotatable bonds is 3. The van der Waals surface area contributed by atoms with Gasteiger partial charge in [0.1, 0.15) is 12.7 Å². The summed E-state index contributed by atoms with van der Waals surface area (Å²) in [5.74, 6) is 1.07. The van der Waals surface area contributed by atoms with E-state index in [1.807, 2.05) is 6.07 Å². The van der Waals surface area contributed by atoms with Crippen LogP contribution in [0.25, 0.3) is 5.82 Å². The van der Waals surface area contributed by atoms with Gasteiger partial charge in [-0.25, -0.2) is 23.1 Å². The molecule has 7 nitrogen and oxygen atoms in total. The van der Waals surface area contributed by atoms with Crippen molar-refractivity contribution in [2.24, 2.45) is 0 Å². The van der Waals surface area contributed by atoms with E-state index in [4.69, 9.17) is 0 Å². The summed E-state index contributed by atoms with van der Waals surface area (Å²) in [6.07, 6.45) is 6.19. The molecule has 0 radical (unpaired) electrons. The van der Waals surface area contributed by atoms with Gasteiger partial charge in [-0.2, -0.15) is 5.10 Å². The number of hydrogen-bond donors (Lipinski definition) is 1. The molecule has 1 unspecified atom stereocenters. The third kappa shape index (κ3) is 2.79. The Balaban J connectivity index is 1.85. The molecular weight excluding hydrogens is 278 g/mol. The standard InChI is InChI=1S/C12H15N5O2S/c18-20(19)6-2-3-10(7-20)16-11-4-1-5-14-12(11)17-9-13-8-15-17/h1,4-5,8-10,16H,2-3,6-7H2. The Bertz CT molecular complexity index is 684. The smallest absolute Gasteiger partial charge is 0.178 e. The van der Waals surface area contributed by atoms with E-state index in [9.17, 15) is 8.42 Å². The molecular formula is C12H15N5O2S. The number of nitrogens with zero attached hydrogens (tertiary/aromatic N) is 4. The summed E-state index contributed by atoms with van der Waals surface area (Å²) in [6, 6.07) is 3.59. The third-order valence-corrected chi connectivity index (χ3v) is 5.07. The van der Waals surface area contributed by atoms with Crippen molar-refractivity contribution in [3.05, 3.63) is 31.0 Å². The Morgan fingerprint density at radius 2 is 2.30 bits per heavy atom. The summed E-state index contributed by atoms with van der Waals surface area (Å²) in [4.78, 5) is 8.17. The Labute approximate surface area is 117 Å². The molecule has 1 N–H and O–H groups in total. The second-order valence-electron chi connectivity index (χ2n) is 4.81. The summed E-state index contributed by atoms with van der Waals surface area (Å²) < 4.78 is 24.9. The van der Waals surface area contributed by atoms with Crippen LogP contribution in [0.1, 0.15) is 12.8 Å². The molecule has 1 fully saturated rings. The molecule has 1 saturated heterocycles. The zero-order valence-electron chi connectivity index (χ0n) is 10.8. The van der Waals surface area contributed by atoms with Gasteiger partial charge in [-0.05, 0) is 25.0 Å². The molecule has 1 aliphatic heterocycles. The third-order valence-electron chi connectivity index (χ3n) is 3.25. The van der Waals surface area contributed by atoms with Gasteiger partial charge in [0, 0.05) is 12.2 Å². The zero-order valence-corrected chi connectivity index (χ0v) is 11.6. The van der Waals surface area contributed by atoms with Gasteiger partial charge in [-0.15, -0.1) is 0 Å². The van der Waals surface area contributed by atoms with Gasteiger partial charge in [0.2, 0.25) is 0 Å². The van der Waals surface area contributed by atoms with Gasteiger partial charge in [-0.1, -0.05) is 0 Å². The van der Waals surface area contributed by atoms with E-state index in [-0.39, 0.29) is 17.5 Å². The summed E-state index contributed by atoms with van der Waals surface area (Å²) >= 11 is 0. The highest BCUT2D eigenvalue weighted by molar-refractivity contribution is 7.91. The van der Waals surface area contributed by atoms with Crippen molar-refractivity contribution in [2.75, 3.05) is 16.8 Å². The van der Waals surface area contributed by atoms with Crippen LogP contribution in [-0.4, -0.2) is 45.7 Å². The van der Waals surface area contributed by atoms with Crippen LogP contribution in [0.3, 0.4) is 0 Å². The van der Waals surface area contributed by atoms with Gasteiger partial charge in [0.15, 0.2) is 15.7 Å². The predicted octanol–water partition coefficient (Wildman–Crippen LogP) is 0.651. The van der Waals surface area contributed by atoms with Crippen molar-refractivity contribution in [3.63, 3.8) is 0 Å². The molecule has 0 bridgehead atoms. The van der Waals surface area contributed by atoms with E-state index < -0.39 is 9.84 Å². The van der Waals surface area contributed by atoms with E-state index in [2.05, 4.69) is 20.4 Å². The van der Waals surface area contributed by atoms with Crippen LogP contribution in [0.15, 0.2) is 31.0 Å². The number of hydrogen-bond acceptors (Lipinski definition) is 6. The normalized spacial score (nSPS) is 21.5. The van der Waals surface area contributed by atoms with Crippen molar-refractivity contribution in [3.8, 4) is 5.82 Å². The maximum absolute atomic E-state index is 11.7. The fourth-order valence-corrected chi connectivity index (χ4v) is 4.00. The Morgan fingerprint density at radius 1 is 1.40 bits per heavy atom. The molecule has 1 atom stereocenters. The fraction of sp³-hybridized carbons (Fsp3) is 0.417. The van der Waals surface area contributed by atoms with Crippen LogP contribution in [0.4, 0.5) is 5.69 Å². The number of aromatic nitrogens is 4. The topological polar surface area (TPSA) is 89.8 Å². The first-order chi connectivity index (χ1) is 9.64. The summed E-state index contributed by atoms with van der Waals surface area (Å²) in [7, 11) is -2.94. The highest BCUT2D eigenvalue weighted by Gasteiger charge is 2.25. The van der Waals surface area contributed by atoms with E-state index in [1.165, 1.54) is 6.33 Å². The monoisotopic (exact) mass is 293 g/mol. The number of sulfone groups is 1. The Hall–Kier alpha value is -1.96. The molecule has 1 aliphatic rings. The largest absolute Gasteiger partial charge is 0.378 e.